The lowest BCUT2D eigenvalue weighted by atomic mass is 10.0. The topological polar surface area (TPSA) is 80.7 Å². The second kappa shape index (κ2) is 25.4. The Kier molecular flexibility index (Phi) is 24.2. The second-order valence-electron chi connectivity index (χ2n) is 11.9. The van der Waals surface area contributed by atoms with Crippen LogP contribution in [0.1, 0.15) is 122 Å². The van der Waals surface area contributed by atoms with E-state index < -0.39 is 13.9 Å². The van der Waals surface area contributed by atoms with Crippen LogP contribution in [0, 0.1) is 0 Å². The van der Waals surface area contributed by atoms with Gasteiger partial charge in [-0.3, -0.25) is 9.05 Å². The van der Waals surface area contributed by atoms with Crippen LogP contribution in [-0.2, 0) is 23.1 Å². The Bertz CT molecular complexity index is 604. The first-order chi connectivity index (χ1) is 19.4. The van der Waals surface area contributed by atoms with Crippen LogP contribution in [-0.4, -0.2) is 94.1 Å². The molecular formula is C31H65N2O6P. The molecule has 8 nitrogen and oxygen atoms in total. The van der Waals surface area contributed by atoms with Gasteiger partial charge in [0.15, 0.2) is 0 Å². The molecule has 0 aromatic heterocycles. The van der Waals surface area contributed by atoms with Gasteiger partial charge in [0.1, 0.15) is 6.10 Å². The highest BCUT2D eigenvalue weighted by molar-refractivity contribution is 7.47. The van der Waals surface area contributed by atoms with Crippen LogP contribution in [0.3, 0.4) is 0 Å². The summed E-state index contributed by atoms with van der Waals surface area (Å²) in [5.41, 5.74) is 0. The van der Waals surface area contributed by atoms with E-state index in [2.05, 4.69) is 30.8 Å². The third-order valence-corrected chi connectivity index (χ3v) is 9.14. The maximum absolute atomic E-state index is 12.2. The number of phosphoric ester groups is 1. The highest BCUT2D eigenvalue weighted by Crippen LogP contribution is 2.43. The van der Waals surface area contributed by atoms with Crippen LogP contribution in [0.4, 0.5) is 0 Å². The Morgan fingerprint density at radius 3 is 1.75 bits per heavy atom. The van der Waals surface area contributed by atoms with Crippen molar-refractivity contribution in [2.45, 2.75) is 135 Å². The Morgan fingerprint density at radius 1 is 0.775 bits per heavy atom. The monoisotopic (exact) mass is 592 g/mol. The molecule has 0 spiro atoms. The van der Waals surface area contributed by atoms with Crippen molar-refractivity contribution in [3.63, 3.8) is 0 Å². The zero-order valence-electron chi connectivity index (χ0n) is 26.7. The molecule has 1 saturated heterocycles. The van der Waals surface area contributed by atoms with Crippen LogP contribution >= 0.6 is 7.82 Å². The van der Waals surface area contributed by atoms with Gasteiger partial charge in [-0.1, -0.05) is 103 Å². The van der Waals surface area contributed by atoms with Crippen molar-refractivity contribution in [2.24, 2.45) is 0 Å². The molecule has 240 valence electrons. The zero-order chi connectivity index (χ0) is 29.3. The quantitative estimate of drug-likeness (QED) is 0.0742. The molecule has 40 heavy (non-hydrogen) atoms. The lowest BCUT2D eigenvalue weighted by Gasteiger charge is -2.35. The number of phosphoric acid groups is 1. The number of methoxy groups -OCH3 is 1. The first-order valence-corrected chi connectivity index (χ1v) is 18.0. The van der Waals surface area contributed by atoms with Gasteiger partial charge in [-0.2, -0.15) is 0 Å². The van der Waals surface area contributed by atoms with E-state index in [0.29, 0.717) is 25.8 Å². The molecule has 0 amide bonds. The predicted octanol–water partition coefficient (Wildman–Crippen LogP) is 7.44. The Balaban J connectivity index is 1.91. The first kappa shape index (κ1) is 38.0. The van der Waals surface area contributed by atoms with Gasteiger partial charge >= 0.3 is 7.82 Å². The van der Waals surface area contributed by atoms with E-state index in [1.54, 1.807) is 7.11 Å². The Hall–Kier alpha value is -0.0500. The molecular weight excluding hydrogens is 527 g/mol. The number of unbranched alkanes of at least 4 members (excludes halogenated alkanes) is 15. The van der Waals surface area contributed by atoms with Gasteiger partial charge in [-0.25, -0.2) is 4.57 Å². The van der Waals surface area contributed by atoms with Crippen LogP contribution < -0.4 is 0 Å². The largest absolute Gasteiger partial charge is 0.472 e. The summed E-state index contributed by atoms with van der Waals surface area (Å²) in [5, 5.41) is 0. The minimum absolute atomic E-state index is 0.0303. The number of piperidine rings is 1. The first-order valence-electron chi connectivity index (χ1n) is 16.5. The van der Waals surface area contributed by atoms with E-state index in [-0.39, 0.29) is 13.2 Å². The summed E-state index contributed by atoms with van der Waals surface area (Å²) >= 11 is 0. The number of nitrogens with zero attached hydrogens (tertiary/aromatic N) is 2. The van der Waals surface area contributed by atoms with Gasteiger partial charge in [0.05, 0.1) is 19.8 Å². The molecule has 1 rings (SSSR count). The zero-order valence-corrected chi connectivity index (χ0v) is 27.6. The summed E-state index contributed by atoms with van der Waals surface area (Å²) in [6, 6.07) is 0.613. The lowest BCUT2D eigenvalue weighted by molar-refractivity contribution is -0.0225. The van der Waals surface area contributed by atoms with Crippen LogP contribution in [0.5, 0.6) is 0 Å². The van der Waals surface area contributed by atoms with Gasteiger partial charge in [-0.15, -0.1) is 0 Å². The average molecular weight is 593 g/mol. The summed E-state index contributed by atoms with van der Waals surface area (Å²) < 4.78 is 33.7. The van der Waals surface area contributed by atoms with Crippen molar-refractivity contribution < 1.29 is 28.0 Å². The predicted molar refractivity (Wildman–Crippen MR) is 166 cm³/mol. The standard InChI is InChI=1S/C31H65N2O6P/c1-5-6-7-8-9-10-11-12-13-14-15-16-17-18-19-20-26-37-28-31(36-4)29-39-40(34,35)38-27-25-33-23-21-30(22-24-33)32(2)3/h30-31H,5-29H2,1-4H3,(H,34,35). The summed E-state index contributed by atoms with van der Waals surface area (Å²) in [4.78, 5) is 14.6. The Morgan fingerprint density at radius 2 is 1.27 bits per heavy atom. The van der Waals surface area contributed by atoms with Gasteiger partial charge in [0.2, 0.25) is 0 Å². The molecule has 0 aliphatic carbocycles. The molecule has 1 N–H and O–H groups in total. The van der Waals surface area contributed by atoms with Crippen molar-refractivity contribution in [1.29, 1.82) is 0 Å². The van der Waals surface area contributed by atoms with E-state index in [1.807, 2.05) is 0 Å². The fourth-order valence-electron chi connectivity index (χ4n) is 5.31. The Labute approximate surface area is 247 Å². The molecule has 0 saturated carbocycles. The average Bonchev–Trinajstić information content (AvgIpc) is 2.94. The smallest absolute Gasteiger partial charge is 0.379 e. The molecule has 0 aromatic rings. The number of rotatable bonds is 28. The van der Waals surface area contributed by atoms with Crippen LogP contribution in [0.15, 0.2) is 0 Å². The number of ether oxygens (including phenoxy) is 2. The molecule has 0 radical (unpaired) electrons. The molecule has 2 unspecified atom stereocenters. The number of hydrogen-bond acceptors (Lipinski definition) is 7. The van der Waals surface area contributed by atoms with Gasteiger partial charge < -0.3 is 24.2 Å². The lowest BCUT2D eigenvalue weighted by Crippen LogP contribution is -2.42. The molecule has 0 aromatic carbocycles. The minimum Gasteiger partial charge on any atom is -0.379 e. The number of hydrogen-bond donors (Lipinski definition) is 1. The summed E-state index contributed by atoms with van der Waals surface area (Å²) in [6.07, 6.45) is 23.4. The second-order valence-corrected chi connectivity index (χ2v) is 13.3. The molecule has 1 fully saturated rings. The fourth-order valence-corrected chi connectivity index (χ4v) is 6.05. The maximum Gasteiger partial charge on any atom is 0.472 e. The molecule has 0 bridgehead atoms. The van der Waals surface area contributed by atoms with Crippen molar-refractivity contribution in [3.8, 4) is 0 Å². The van der Waals surface area contributed by atoms with Crippen LogP contribution in [0.25, 0.3) is 0 Å². The van der Waals surface area contributed by atoms with E-state index in [0.717, 1.165) is 32.4 Å². The van der Waals surface area contributed by atoms with Crippen molar-refractivity contribution in [2.75, 3.05) is 67.3 Å². The molecule has 1 aliphatic heterocycles. The van der Waals surface area contributed by atoms with E-state index >= 15 is 0 Å². The van der Waals surface area contributed by atoms with Crippen molar-refractivity contribution in [3.05, 3.63) is 0 Å². The van der Waals surface area contributed by atoms with E-state index in [9.17, 15) is 9.46 Å². The normalized spacial score (nSPS) is 17.4. The third kappa shape index (κ3) is 21.6. The fraction of sp³-hybridized carbons (Fsp3) is 1.00. The van der Waals surface area contributed by atoms with Crippen molar-refractivity contribution in [1.82, 2.24) is 9.80 Å². The van der Waals surface area contributed by atoms with E-state index in [1.165, 1.54) is 96.3 Å². The van der Waals surface area contributed by atoms with Gasteiger partial charge in [0, 0.05) is 26.3 Å². The van der Waals surface area contributed by atoms with E-state index in [4.69, 9.17) is 18.5 Å². The highest BCUT2D eigenvalue weighted by Gasteiger charge is 2.25. The maximum atomic E-state index is 12.2. The minimum atomic E-state index is -4.10. The summed E-state index contributed by atoms with van der Waals surface area (Å²) in [7, 11) is 1.69. The van der Waals surface area contributed by atoms with Gasteiger partial charge in [0.25, 0.3) is 0 Å². The van der Waals surface area contributed by atoms with Gasteiger partial charge in [-0.05, 0) is 46.4 Å². The summed E-state index contributed by atoms with van der Waals surface area (Å²) in [5.74, 6) is 0. The van der Waals surface area contributed by atoms with Crippen molar-refractivity contribution >= 4 is 7.82 Å². The molecule has 1 heterocycles. The van der Waals surface area contributed by atoms with Crippen LogP contribution in [0.2, 0.25) is 0 Å². The number of likely N-dealkylation sites (tertiary alicyclic amines) is 1. The highest BCUT2D eigenvalue weighted by atomic mass is 31.2. The SMILES string of the molecule is CCCCCCCCCCCCCCCCCCOCC(COP(=O)(O)OCCN1CCC(N(C)C)CC1)OC. The molecule has 2 atom stereocenters. The summed E-state index contributed by atoms with van der Waals surface area (Å²) in [6.45, 7) is 6.03. The molecule has 9 heteroatoms. The molecule has 1 aliphatic rings. The third-order valence-electron chi connectivity index (χ3n) is 8.15.